The van der Waals surface area contributed by atoms with Gasteiger partial charge in [0.15, 0.2) is 0 Å². The molecule has 152 valence electrons. The Hall–Kier alpha value is -2.25. The molecule has 2 aromatic carbocycles. The van der Waals surface area contributed by atoms with Gasteiger partial charge in [0, 0.05) is 6.04 Å². The first-order valence-corrected chi connectivity index (χ1v) is 11.1. The molecular formula is C20H25ClN2O4S. The zero-order valence-corrected chi connectivity index (χ0v) is 17.8. The highest BCUT2D eigenvalue weighted by molar-refractivity contribution is 7.92. The van der Waals surface area contributed by atoms with Gasteiger partial charge in [-0.3, -0.25) is 9.10 Å². The fourth-order valence-electron chi connectivity index (χ4n) is 2.76. The number of anilines is 1. The predicted molar refractivity (Wildman–Crippen MR) is 113 cm³/mol. The molecule has 0 heterocycles. The maximum atomic E-state index is 12.4. The van der Waals surface area contributed by atoms with Gasteiger partial charge in [-0.15, -0.1) is 0 Å². The van der Waals surface area contributed by atoms with Crippen LogP contribution in [0.5, 0.6) is 5.75 Å². The van der Waals surface area contributed by atoms with Crippen LogP contribution < -0.4 is 14.4 Å². The quantitative estimate of drug-likeness (QED) is 0.670. The van der Waals surface area contributed by atoms with Crippen LogP contribution in [0, 0.1) is 0 Å². The van der Waals surface area contributed by atoms with Crippen molar-refractivity contribution in [3.8, 4) is 5.75 Å². The molecule has 0 fully saturated rings. The van der Waals surface area contributed by atoms with Crippen molar-refractivity contribution in [2.24, 2.45) is 0 Å². The lowest BCUT2D eigenvalue weighted by Gasteiger charge is -2.23. The van der Waals surface area contributed by atoms with Gasteiger partial charge in [0.2, 0.25) is 15.9 Å². The summed E-state index contributed by atoms with van der Waals surface area (Å²) in [5.74, 6) is 0.0516. The van der Waals surface area contributed by atoms with Crippen molar-refractivity contribution in [2.75, 3.05) is 24.2 Å². The number of carbonyl (C=O) groups excluding carboxylic acids is 1. The maximum absolute atomic E-state index is 12.4. The molecule has 2 aromatic rings. The van der Waals surface area contributed by atoms with E-state index in [1.807, 2.05) is 37.3 Å². The number of methoxy groups -OCH3 is 1. The molecule has 1 N–H and O–H groups in total. The lowest BCUT2D eigenvalue weighted by atomic mass is 10.1. The van der Waals surface area contributed by atoms with Gasteiger partial charge in [0.25, 0.3) is 0 Å². The number of nitrogens with one attached hydrogen (secondary N) is 1. The average molecular weight is 425 g/mol. The highest BCUT2D eigenvalue weighted by Gasteiger charge is 2.22. The Morgan fingerprint density at radius 1 is 1.21 bits per heavy atom. The Morgan fingerprint density at radius 3 is 2.46 bits per heavy atom. The molecule has 0 aliphatic rings. The molecule has 0 saturated heterocycles. The van der Waals surface area contributed by atoms with Crippen LogP contribution in [0.2, 0.25) is 5.02 Å². The molecule has 0 aromatic heterocycles. The summed E-state index contributed by atoms with van der Waals surface area (Å²) < 4.78 is 30.5. The number of amides is 1. The monoisotopic (exact) mass is 424 g/mol. The van der Waals surface area contributed by atoms with Gasteiger partial charge in [0.05, 0.1) is 24.1 Å². The average Bonchev–Trinajstić information content (AvgIpc) is 2.64. The second-order valence-electron chi connectivity index (χ2n) is 6.58. The smallest absolute Gasteiger partial charge is 0.240 e. The third-order valence-electron chi connectivity index (χ3n) is 4.23. The number of sulfonamides is 1. The van der Waals surface area contributed by atoms with E-state index in [0.29, 0.717) is 11.4 Å². The highest BCUT2D eigenvalue weighted by Crippen LogP contribution is 2.30. The molecule has 1 amide bonds. The van der Waals surface area contributed by atoms with E-state index in [9.17, 15) is 13.2 Å². The Bertz CT molecular complexity index is 904. The number of aryl methyl sites for hydroxylation is 1. The van der Waals surface area contributed by atoms with Gasteiger partial charge in [0.1, 0.15) is 12.3 Å². The van der Waals surface area contributed by atoms with E-state index >= 15 is 0 Å². The summed E-state index contributed by atoms with van der Waals surface area (Å²) in [5.41, 5.74) is 1.50. The van der Waals surface area contributed by atoms with Crippen molar-refractivity contribution in [1.29, 1.82) is 0 Å². The number of hydrogen-bond acceptors (Lipinski definition) is 4. The van der Waals surface area contributed by atoms with Crippen LogP contribution in [0.4, 0.5) is 5.69 Å². The number of benzene rings is 2. The molecule has 0 spiro atoms. The van der Waals surface area contributed by atoms with Crippen LogP contribution in [-0.4, -0.2) is 40.3 Å². The largest absolute Gasteiger partial charge is 0.495 e. The predicted octanol–water partition coefficient (Wildman–Crippen LogP) is 3.25. The molecule has 28 heavy (non-hydrogen) atoms. The van der Waals surface area contributed by atoms with Gasteiger partial charge in [-0.1, -0.05) is 41.9 Å². The second-order valence-corrected chi connectivity index (χ2v) is 8.90. The van der Waals surface area contributed by atoms with Gasteiger partial charge in [-0.25, -0.2) is 8.42 Å². The van der Waals surface area contributed by atoms with Crippen molar-refractivity contribution < 1.29 is 17.9 Å². The van der Waals surface area contributed by atoms with E-state index in [1.54, 1.807) is 12.1 Å². The van der Waals surface area contributed by atoms with Crippen molar-refractivity contribution >= 4 is 33.2 Å². The van der Waals surface area contributed by atoms with E-state index in [2.05, 4.69) is 5.32 Å². The minimum absolute atomic E-state index is 0.0893. The summed E-state index contributed by atoms with van der Waals surface area (Å²) in [6, 6.07) is 14.5. The van der Waals surface area contributed by atoms with Crippen molar-refractivity contribution in [3.63, 3.8) is 0 Å². The van der Waals surface area contributed by atoms with E-state index in [0.717, 1.165) is 23.4 Å². The molecule has 0 unspecified atom stereocenters. The number of ether oxygens (including phenoxy) is 1. The Balaban J connectivity index is 2.02. The lowest BCUT2D eigenvalue weighted by molar-refractivity contribution is -0.120. The summed E-state index contributed by atoms with van der Waals surface area (Å²) in [4.78, 5) is 12.4. The normalized spacial score (nSPS) is 12.3. The minimum atomic E-state index is -3.67. The first-order chi connectivity index (χ1) is 13.2. The molecule has 2 rings (SSSR count). The van der Waals surface area contributed by atoms with Crippen LogP contribution >= 0.6 is 11.6 Å². The third kappa shape index (κ3) is 6.42. The summed E-state index contributed by atoms with van der Waals surface area (Å²) >= 11 is 6.10. The van der Waals surface area contributed by atoms with Crippen molar-refractivity contribution in [3.05, 3.63) is 59.1 Å². The van der Waals surface area contributed by atoms with Gasteiger partial charge in [-0.05, 0) is 43.5 Å². The molecule has 1 atom stereocenters. The lowest BCUT2D eigenvalue weighted by Crippen LogP contribution is -2.43. The summed E-state index contributed by atoms with van der Waals surface area (Å²) in [5, 5.41) is 3.13. The zero-order valence-electron chi connectivity index (χ0n) is 16.2. The molecule has 6 nitrogen and oxygen atoms in total. The topological polar surface area (TPSA) is 75.7 Å². The van der Waals surface area contributed by atoms with E-state index in [-0.39, 0.29) is 23.5 Å². The highest BCUT2D eigenvalue weighted by atomic mass is 35.5. The van der Waals surface area contributed by atoms with Gasteiger partial charge < -0.3 is 10.1 Å². The Kier molecular flexibility index (Phi) is 7.71. The first-order valence-electron chi connectivity index (χ1n) is 8.85. The third-order valence-corrected chi connectivity index (χ3v) is 5.66. The van der Waals surface area contributed by atoms with E-state index in [1.165, 1.54) is 18.7 Å². The van der Waals surface area contributed by atoms with Crippen LogP contribution in [0.3, 0.4) is 0 Å². The SMILES string of the molecule is COc1ccc(N(CC(=O)N[C@@H](C)CCc2ccccc2)S(C)(=O)=O)cc1Cl. The van der Waals surface area contributed by atoms with Crippen LogP contribution in [0.25, 0.3) is 0 Å². The first kappa shape index (κ1) is 22.0. The van der Waals surface area contributed by atoms with Crippen molar-refractivity contribution in [2.45, 2.75) is 25.8 Å². The van der Waals surface area contributed by atoms with Crippen LogP contribution in [-0.2, 0) is 21.2 Å². The van der Waals surface area contributed by atoms with Crippen molar-refractivity contribution in [1.82, 2.24) is 5.32 Å². The van der Waals surface area contributed by atoms with Crippen LogP contribution in [0.1, 0.15) is 18.9 Å². The fraction of sp³-hybridized carbons (Fsp3) is 0.350. The zero-order chi connectivity index (χ0) is 20.7. The van der Waals surface area contributed by atoms with E-state index in [4.69, 9.17) is 16.3 Å². The number of halogens is 1. The Morgan fingerprint density at radius 2 is 1.89 bits per heavy atom. The molecule has 0 aliphatic carbocycles. The number of carbonyl (C=O) groups is 1. The number of hydrogen-bond donors (Lipinski definition) is 1. The van der Waals surface area contributed by atoms with E-state index < -0.39 is 10.0 Å². The van der Waals surface area contributed by atoms with Crippen LogP contribution in [0.15, 0.2) is 48.5 Å². The summed E-state index contributed by atoms with van der Waals surface area (Å²) in [7, 11) is -2.20. The Labute approximate surface area is 171 Å². The molecular weight excluding hydrogens is 400 g/mol. The minimum Gasteiger partial charge on any atom is -0.495 e. The van der Waals surface area contributed by atoms with Gasteiger partial charge >= 0.3 is 0 Å². The maximum Gasteiger partial charge on any atom is 0.240 e. The molecule has 0 saturated carbocycles. The number of nitrogens with zero attached hydrogens (tertiary/aromatic N) is 1. The fourth-order valence-corrected chi connectivity index (χ4v) is 3.86. The molecule has 0 aliphatic heterocycles. The second kappa shape index (κ2) is 9.80. The summed E-state index contributed by atoms with van der Waals surface area (Å²) in [6.45, 7) is 1.58. The van der Waals surface area contributed by atoms with Gasteiger partial charge in [-0.2, -0.15) is 0 Å². The standard InChI is InChI=1S/C20H25ClN2O4S/c1-15(9-10-16-7-5-4-6-8-16)22-20(24)14-23(28(3,25)26)17-11-12-19(27-2)18(21)13-17/h4-8,11-13,15H,9-10,14H2,1-3H3,(H,22,24)/t15-/m0/s1. The molecule has 8 heteroatoms. The molecule has 0 radical (unpaired) electrons. The number of rotatable bonds is 9. The molecule has 0 bridgehead atoms. The summed E-state index contributed by atoms with van der Waals surface area (Å²) in [6.07, 6.45) is 2.63.